The fourth-order valence-corrected chi connectivity index (χ4v) is 3.59. The van der Waals surface area contributed by atoms with Crippen LogP contribution in [-0.4, -0.2) is 13.5 Å². The van der Waals surface area contributed by atoms with Gasteiger partial charge in [-0.1, -0.05) is 18.2 Å². The summed E-state index contributed by atoms with van der Waals surface area (Å²) in [4.78, 5) is 0.122. The van der Waals surface area contributed by atoms with Crippen LogP contribution in [-0.2, 0) is 16.6 Å². The van der Waals surface area contributed by atoms with Gasteiger partial charge < -0.3 is 5.11 Å². The van der Waals surface area contributed by atoms with E-state index in [-0.39, 0.29) is 11.5 Å². The highest BCUT2D eigenvalue weighted by atomic mass is 79.9. The predicted octanol–water partition coefficient (Wildman–Crippen LogP) is 3.05. The number of aliphatic hydroxyl groups is 1. The summed E-state index contributed by atoms with van der Waals surface area (Å²) in [7, 11) is -3.67. The smallest absolute Gasteiger partial charge is 0.261 e. The number of halogens is 1. The van der Waals surface area contributed by atoms with E-state index in [1.807, 2.05) is 19.1 Å². The number of nitrogens with one attached hydrogen (secondary N) is 1. The molecule has 20 heavy (non-hydrogen) atoms. The minimum Gasteiger partial charge on any atom is -0.392 e. The normalized spacial score (nSPS) is 11.3. The lowest BCUT2D eigenvalue weighted by Crippen LogP contribution is -2.13. The first-order chi connectivity index (χ1) is 9.42. The van der Waals surface area contributed by atoms with E-state index in [1.165, 1.54) is 12.1 Å². The topological polar surface area (TPSA) is 66.4 Å². The molecule has 0 bridgehead atoms. The lowest BCUT2D eigenvalue weighted by atomic mass is 10.2. The van der Waals surface area contributed by atoms with Crippen LogP contribution in [0.1, 0.15) is 11.1 Å². The maximum Gasteiger partial charge on any atom is 0.261 e. The van der Waals surface area contributed by atoms with Gasteiger partial charge in [0.1, 0.15) is 0 Å². The molecule has 4 nitrogen and oxygen atoms in total. The third-order valence-electron chi connectivity index (χ3n) is 2.76. The predicted molar refractivity (Wildman–Crippen MR) is 82.1 cm³/mol. The Kier molecular flexibility index (Phi) is 4.47. The van der Waals surface area contributed by atoms with Gasteiger partial charge in [0.25, 0.3) is 10.0 Å². The molecule has 0 spiro atoms. The summed E-state index contributed by atoms with van der Waals surface area (Å²) in [6.07, 6.45) is 0. The lowest BCUT2D eigenvalue weighted by molar-refractivity contribution is 0.281. The van der Waals surface area contributed by atoms with Crippen LogP contribution in [0.15, 0.2) is 51.8 Å². The highest BCUT2D eigenvalue weighted by molar-refractivity contribution is 9.10. The van der Waals surface area contributed by atoms with Crippen LogP contribution >= 0.6 is 15.9 Å². The van der Waals surface area contributed by atoms with Crippen LogP contribution in [0.2, 0.25) is 0 Å². The number of rotatable bonds is 4. The Labute approximate surface area is 126 Å². The van der Waals surface area contributed by atoms with E-state index in [4.69, 9.17) is 5.11 Å². The van der Waals surface area contributed by atoms with Crippen molar-refractivity contribution in [3.05, 3.63) is 58.1 Å². The molecule has 0 saturated carbocycles. The summed E-state index contributed by atoms with van der Waals surface area (Å²) in [6.45, 7) is 1.73. The van der Waals surface area contributed by atoms with Crippen molar-refractivity contribution in [3.8, 4) is 0 Å². The standard InChI is InChI=1S/C14H14BrNO3S/c1-10-5-6-14(13(15)7-10)16-20(18,19)12-4-2-3-11(8-12)9-17/h2-8,16-17H,9H2,1H3. The summed E-state index contributed by atoms with van der Waals surface area (Å²) in [5, 5.41) is 9.07. The van der Waals surface area contributed by atoms with E-state index < -0.39 is 10.0 Å². The number of anilines is 1. The van der Waals surface area contributed by atoms with Gasteiger partial charge in [-0.15, -0.1) is 0 Å². The van der Waals surface area contributed by atoms with Crippen molar-refractivity contribution >= 4 is 31.6 Å². The Hall–Kier alpha value is -1.37. The van der Waals surface area contributed by atoms with Gasteiger partial charge in [0.2, 0.25) is 0 Å². The zero-order valence-electron chi connectivity index (χ0n) is 10.8. The van der Waals surface area contributed by atoms with Gasteiger partial charge in [0.05, 0.1) is 17.2 Å². The van der Waals surface area contributed by atoms with Crippen LogP contribution in [0, 0.1) is 6.92 Å². The van der Waals surface area contributed by atoms with Crippen LogP contribution in [0.4, 0.5) is 5.69 Å². The summed E-state index contributed by atoms with van der Waals surface area (Å²) >= 11 is 3.33. The van der Waals surface area contributed by atoms with Gasteiger partial charge in [0.15, 0.2) is 0 Å². The van der Waals surface area contributed by atoms with Gasteiger partial charge in [-0.05, 0) is 58.2 Å². The van der Waals surface area contributed by atoms with Crippen LogP contribution in [0.25, 0.3) is 0 Å². The fourth-order valence-electron chi connectivity index (χ4n) is 1.72. The van der Waals surface area contributed by atoms with Gasteiger partial charge in [-0.25, -0.2) is 8.42 Å². The van der Waals surface area contributed by atoms with Gasteiger partial charge >= 0.3 is 0 Å². The number of benzene rings is 2. The number of sulfonamides is 1. The molecule has 0 aliphatic carbocycles. The first kappa shape index (κ1) is 15.0. The van der Waals surface area contributed by atoms with Crippen molar-refractivity contribution in [1.29, 1.82) is 0 Å². The van der Waals surface area contributed by atoms with Gasteiger partial charge in [-0.3, -0.25) is 4.72 Å². The van der Waals surface area contributed by atoms with Crippen molar-refractivity contribution in [3.63, 3.8) is 0 Å². The molecule has 106 valence electrons. The number of aliphatic hydroxyl groups excluding tert-OH is 1. The molecule has 0 saturated heterocycles. The summed E-state index contributed by atoms with van der Waals surface area (Å²) in [5.74, 6) is 0. The molecule has 0 aromatic heterocycles. The van der Waals surface area contributed by atoms with Crippen LogP contribution in [0.5, 0.6) is 0 Å². The lowest BCUT2D eigenvalue weighted by Gasteiger charge is -2.11. The first-order valence-electron chi connectivity index (χ1n) is 5.91. The Bertz CT molecular complexity index is 729. The zero-order valence-corrected chi connectivity index (χ0v) is 13.2. The second-order valence-corrected chi connectivity index (χ2v) is 6.93. The third kappa shape index (κ3) is 3.39. The molecule has 2 aromatic rings. The molecule has 2 rings (SSSR count). The summed E-state index contributed by atoms with van der Waals surface area (Å²) in [6, 6.07) is 11.6. The van der Waals surface area contributed by atoms with E-state index in [0.717, 1.165) is 5.56 Å². The molecule has 6 heteroatoms. The average molecular weight is 356 g/mol. The average Bonchev–Trinajstić information content (AvgIpc) is 2.42. The Morgan fingerprint density at radius 2 is 1.95 bits per heavy atom. The molecule has 0 unspecified atom stereocenters. The van der Waals surface area contributed by atoms with Gasteiger partial charge in [0, 0.05) is 4.47 Å². The van der Waals surface area contributed by atoms with E-state index in [1.54, 1.807) is 18.2 Å². The quantitative estimate of drug-likeness (QED) is 0.885. The number of hydrogen-bond donors (Lipinski definition) is 2. The Morgan fingerprint density at radius 1 is 1.20 bits per heavy atom. The van der Waals surface area contributed by atoms with Crippen molar-refractivity contribution in [1.82, 2.24) is 0 Å². The van der Waals surface area contributed by atoms with Crippen molar-refractivity contribution in [2.24, 2.45) is 0 Å². The molecule has 0 radical (unpaired) electrons. The van der Waals surface area contributed by atoms with Crippen LogP contribution < -0.4 is 4.72 Å². The summed E-state index contributed by atoms with van der Waals surface area (Å²) < 4.78 is 27.8. The highest BCUT2D eigenvalue weighted by Gasteiger charge is 2.15. The minimum atomic E-state index is -3.67. The monoisotopic (exact) mass is 355 g/mol. The SMILES string of the molecule is Cc1ccc(NS(=O)(=O)c2cccc(CO)c2)c(Br)c1. The van der Waals surface area contributed by atoms with Crippen LogP contribution in [0.3, 0.4) is 0 Å². The van der Waals surface area contributed by atoms with E-state index >= 15 is 0 Å². The zero-order chi connectivity index (χ0) is 14.8. The van der Waals surface area contributed by atoms with E-state index in [0.29, 0.717) is 15.7 Å². The molecule has 0 amide bonds. The number of aryl methyl sites for hydroxylation is 1. The molecule has 2 N–H and O–H groups in total. The van der Waals surface area contributed by atoms with Crippen molar-refractivity contribution < 1.29 is 13.5 Å². The largest absolute Gasteiger partial charge is 0.392 e. The maximum atomic E-state index is 12.3. The minimum absolute atomic E-state index is 0.122. The summed E-state index contributed by atoms with van der Waals surface area (Å²) in [5.41, 5.74) is 2.06. The van der Waals surface area contributed by atoms with Gasteiger partial charge in [-0.2, -0.15) is 0 Å². The van der Waals surface area contributed by atoms with E-state index in [2.05, 4.69) is 20.7 Å². The second kappa shape index (κ2) is 5.95. The fraction of sp³-hybridized carbons (Fsp3) is 0.143. The molecule has 0 heterocycles. The first-order valence-corrected chi connectivity index (χ1v) is 8.19. The molecular formula is C14H14BrNO3S. The highest BCUT2D eigenvalue weighted by Crippen LogP contribution is 2.26. The molecule has 0 aliphatic rings. The molecular weight excluding hydrogens is 342 g/mol. The molecule has 0 atom stereocenters. The second-order valence-electron chi connectivity index (χ2n) is 4.39. The molecule has 0 fully saturated rings. The Morgan fingerprint density at radius 3 is 2.60 bits per heavy atom. The van der Waals surface area contributed by atoms with Crippen molar-refractivity contribution in [2.75, 3.05) is 4.72 Å². The molecule has 2 aromatic carbocycles. The maximum absolute atomic E-state index is 12.3. The number of hydrogen-bond acceptors (Lipinski definition) is 3. The molecule has 0 aliphatic heterocycles. The van der Waals surface area contributed by atoms with E-state index in [9.17, 15) is 8.42 Å². The Balaban J connectivity index is 2.35. The third-order valence-corrected chi connectivity index (χ3v) is 4.78. The van der Waals surface area contributed by atoms with Crippen molar-refractivity contribution in [2.45, 2.75) is 18.4 Å².